The first-order valence-electron chi connectivity index (χ1n) is 7.58. The fourth-order valence-corrected chi connectivity index (χ4v) is 2.71. The molecule has 7 heteroatoms. The van der Waals surface area contributed by atoms with Gasteiger partial charge >= 0.3 is 6.01 Å². The van der Waals surface area contributed by atoms with Gasteiger partial charge in [-0.15, -0.1) is 5.10 Å². The Kier molecular flexibility index (Phi) is 3.63. The van der Waals surface area contributed by atoms with E-state index in [1.807, 2.05) is 24.3 Å². The molecule has 0 amide bonds. The number of hydrogen-bond donors (Lipinski definition) is 1. The number of fused-ring (bicyclic) bond motifs is 1. The lowest BCUT2D eigenvalue weighted by Gasteiger charge is -2.02. The number of benzene rings is 1. The first kappa shape index (κ1) is 14.1. The van der Waals surface area contributed by atoms with Crippen molar-refractivity contribution in [3.8, 4) is 5.75 Å². The molecule has 23 heavy (non-hydrogen) atoms. The zero-order valence-electron chi connectivity index (χ0n) is 12.7. The number of nitrogens with one attached hydrogen (secondary N) is 1. The standard InChI is InChI=1S/C16H17N3O4/c1-20-12-5-2-4-10-8-11(22-14(10)12)9-17-16-19-18-15(23-16)13-6-3-7-21-13/h2,4-5,8,13H,3,6-7,9H2,1H3,(H,17,19). The molecule has 1 aliphatic heterocycles. The number of para-hydroxylation sites is 1. The summed E-state index contributed by atoms with van der Waals surface area (Å²) in [4.78, 5) is 0. The SMILES string of the molecule is COc1cccc2cc(CNc3nnc(C4CCCO4)o3)oc12. The average molecular weight is 315 g/mol. The Morgan fingerprint density at radius 3 is 3.09 bits per heavy atom. The van der Waals surface area contributed by atoms with Crippen LogP contribution in [0.15, 0.2) is 33.1 Å². The molecule has 1 N–H and O–H groups in total. The van der Waals surface area contributed by atoms with Crippen molar-refractivity contribution in [2.75, 3.05) is 19.0 Å². The number of hydrogen-bond acceptors (Lipinski definition) is 7. The summed E-state index contributed by atoms with van der Waals surface area (Å²) in [5.74, 6) is 2.00. The van der Waals surface area contributed by atoms with Crippen LogP contribution in [0.3, 0.4) is 0 Å². The Balaban J connectivity index is 1.46. The van der Waals surface area contributed by atoms with Gasteiger partial charge in [0.2, 0.25) is 5.89 Å². The summed E-state index contributed by atoms with van der Waals surface area (Å²) in [7, 11) is 1.63. The van der Waals surface area contributed by atoms with E-state index in [1.54, 1.807) is 7.11 Å². The lowest BCUT2D eigenvalue weighted by Crippen LogP contribution is -1.98. The fraction of sp³-hybridized carbons (Fsp3) is 0.375. The van der Waals surface area contributed by atoms with Crippen molar-refractivity contribution in [2.24, 2.45) is 0 Å². The van der Waals surface area contributed by atoms with Gasteiger partial charge in [-0.05, 0) is 25.0 Å². The Morgan fingerprint density at radius 2 is 2.26 bits per heavy atom. The van der Waals surface area contributed by atoms with Crippen LogP contribution in [0.1, 0.15) is 30.6 Å². The van der Waals surface area contributed by atoms with Gasteiger partial charge in [-0.2, -0.15) is 0 Å². The van der Waals surface area contributed by atoms with Gasteiger partial charge in [-0.25, -0.2) is 0 Å². The Morgan fingerprint density at radius 1 is 1.30 bits per heavy atom. The maximum Gasteiger partial charge on any atom is 0.315 e. The molecule has 1 saturated heterocycles. The first-order chi connectivity index (χ1) is 11.3. The number of furan rings is 1. The van der Waals surface area contributed by atoms with Gasteiger partial charge in [0, 0.05) is 12.0 Å². The van der Waals surface area contributed by atoms with E-state index in [9.17, 15) is 0 Å². The van der Waals surface area contributed by atoms with Crippen LogP contribution in [-0.4, -0.2) is 23.9 Å². The maximum atomic E-state index is 5.82. The molecule has 1 aliphatic rings. The molecule has 3 heterocycles. The molecule has 3 aromatic rings. The molecule has 0 bridgehead atoms. The molecule has 0 radical (unpaired) electrons. The van der Waals surface area contributed by atoms with Crippen LogP contribution in [-0.2, 0) is 11.3 Å². The molecule has 0 spiro atoms. The zero-order chi connectivity index (χ0) is 15.6. The van der Waals surface area contributed by atoms with Crippen LogP contribution < -0.4 is 10.1 Å². The number of aromatic nitrogens is 2. The minimum absolute atomic E-state index is 0.0755. The van der Waals surface area contributed by atoms with Crippen LogP contribution in [0.4, 0.5) is 6.01 Å². The second kappa shape index (κ2) is 5.92. The molecular weight excluding hydrogens is 298 g/mol. The topological polar surface area (TPSA) is 82.5 Å². The maximum absolute atomic E-state index is 5.82. The summed E-state index contributed by atoms with van der Waals surface area (Å²) in [5.41, 5.74) is 0.734. The highest BCUT2D eigenvalue weighted by molar-refractivity contribution is 5.83. The third-order valence-electron chi connectivity index (χ3n) is 3.84. The van der Waals surface area contributed by atoms with Gasteiger partial charge in [-0.3, -0.25) is 0 Å². The molecule has 1 fully saturated rings. The van der Waals surface area contributed by atoms with Crippen LogP contribution in [0, 0.1) is 0 Å². The van der Waals surface area contributed by atoms with Crippen molar-refractivity contribution in [2.45, 2.75) is 25.5 Å². The van der Waals surface area contributed by atoms with Crippen LogP contribution in [0.5, 0.6) is 5.75 Å². The molecule has 0 aliphatic carbocycles. The second-order valence-electron chi connectivity index (χ2n) is 5.39. The number of ether oxygens (including phenoxy) is 2. The molecule has 7 nitrogen and oxygen atoms in total. The molecule has 0 saturated carbocycles. The van der Waals surface area contributed by atoms with Gasteiger partial charge in [0.05, 0.1) is 13.7 Å². The molecule has 1 aromatic carbocycles. The van der Waals surface area contributed by atoms with Crippen molar-refractivity contribution in [1.82, 2.24) is 10.2 Å². The fourth-order valence-electron chi connectivity index (χ4n) is 2.71. The van der Waals surface area contributed by atoms with E-state index < -0.39 is 0 Å². The summed E-state index contributed by atoms with van der Waals surface area (Å²) in [6.07, 6.45) is 1.87. The van der Waals surface area contributed by atoms with E-state index in [0.717, 1.165) is 36.2 Å². The summed E-state index contributed by atoms with van der Waals surface area (Å²) in [5, 5.41) is 12.1. The van der Waals surface area contributed by atoms with Crippen molar-refractivity contribution in [1.29, 1.82) is 0 Å². The van der Waals surface area contributed by atoms with E-state index >= 15 is 0 Å². The van der Waals surface area contributed by atoms with Gasteiger partial charge < -0.3 is 23.6 Å². The monoisotopic (exact) mass is 315 g/mol. The minimum Gasteiger partial charge on any atom is -0.493 e. The molecule has 120 valence electrons. The lowest BCUT2D eigenvalue weighted by atomic mass is 10.2. The second-order valence-corrected chi connectivity index (χ2v) is 5.39. The molecular formula is C16H17N3O4. The van der Waals surface area contributed by atoms with E-state index in [1.165, 1.54) is 0 Å². The quantitative estimate of drug-likeness (QED) is 0.773. The number of nitrogens with zero attached hydrogens (tertiary/aromatic N) is 2. The predicted octanol–water partition coefficient (Wildman–Crippen LogP) is 3.29. The Hall–Kier alpha value is -2.54. The van der Waals surface area contributed by atoms with Gasteiger partial charge in [-0.1, -0.05) is 17.2 Å². The molecule has 2 aromatic heterocycles. The number of anilines is 1. The van der Waals surface area contributed by atoms with Crippen molar-refractivity contribution in [3.63, 3.8) is 0 Å². The van der Waals surface area contributed by atoms with Crippen molar-refractivity contribution < 1.29 is 18.3 Å². The largest absolute Gasteiger partial charge is 0.493 e. The lowest BCUT2D eigenvalue weighted by molar-refractivity contribution is 0.0897. The predicted molar refractivity (Wildman–Crippen MR) is 82.3 cm³/mol. The summed E-state index contributed by atoms with van der Waals surface area (Å²) in [6, 6.07) is 8.10. The zero-order valence-corrected chi connectivity index (χ0v) is 12.7. The highest BCUT2D eigenvalue weighted by Crippen LogP contribution is 2.30. The van der Waals surface area contributed by atoms with Crippen LogP contribution >= 0.6 is 0 Å². The van der Waals surface area contributed by atoms with Crippen molar-refractivity contribution >= 4 is 17.0 Å². The highest BCUT2D eigenvalue weighted by atomic mass is 16.5. The summed E-state index contributed by atoms with van der Waals surface area (Å²) in [6.45, 7) is 1.20. The Bertz CT molecular complexity index is 805. The van der Waals surface area contributed by atoms with E-state index in [-0.39, 0.29) is 6.10 Å². The minimum atomic E-state index is -0.0755. The van der Waals surface area contributed by atoms with Gasteiger partial charge in [0.1, 0.15) is 11.9 Å². The molecule has 4 rings (SSSR count). The average Bonchev–Trinajstić information content (AvgIpc) is 3.30. The molecule has 1 atom stereocenters. The first-order valence-corrected chi connectivity index (χ1v) is 7.58. The Labute approximate surface area is 132 Å². The van der Waals surface area contributed by atoms with Crippen LogP contribution in [0.25, 0.3) is 11.0 Å². The molecule has 1 unspecified atom stereocenters. The third kappa shape index (κ3) is 2.75. The summed E-state index contributed by atoms with van der Waals surface area (Å²) >= 11 is 0. The third-order valence-corrected chi connectivity index (χ3v) is 3.84. The van der Waals surface area contributed by atoms with Gasteiger partial charge in [0.15, 0.2) is 11.3 Å². The smallest absolute Gasteiger partial charge is 0.315 e. The normalized spacial score (nSPS) is 17.7. The van der Waals surface area contributed by atoms with E-state index in [0.29, 0.717) is 24.2 Å². The van der Waals surface area contributed by atoms with Gasteiger partial charge in [0.25, 0.3) is 0 Å². The van der Waals surface area contributed by atoms with E-state index in [2.05, 4.69) is 15.5 Å². The highest BCUT2D eigenvalue weighted by Gasteiger charge is 2.23. The summed E-state index contributed by atoms with van der Waals surface area (Å²) < 4.78 is 22.2. The van der Waals surface area contributed by atoms with E-state index in [4.69, 9.17) is 18.3 Å². The van der Waals surface area contributed by atoms with Crippen LogP contribution in [0.2, 0.25) is 0 Å². The van der Waals surface area contributed by atoms with Crippen molar-refractivity contribution in [3.05, 3.63) is 35.9 Å². The number of rotatable bonds is 5. The number of methoxy groups -OCH3 is 1.